The van der Waals surface area contributed by atoms with E-state index in [1.54, 1.807) is 7.11 Å². The number of nitrogens with zero attached hydrogens (tertiary/aromatic N) is 3. The summed E-state index contributed by atoms with van der Waals surface area (Å²) in [6, 6.07) is 16.7. The SMILES string of the molecule is COc1cccc(CN2CCCC(Nc3cnc4ccccc4n3)C2)c1. The summed E-state index contributed by atoms with van der Waals surface area (Å²) < 4.78 is 5.33. The number of ether oxygens (including phenoxy) is 1. The van der Waals surface area contributed by atoms with Gasteiger partial charge in [0.05, 0.1) is 24.3 Å². The second kappa shape index (κ2) is 7.70. The molecular formula is C21H24N4O. The van der Waals surface area contributed by atoms with E-state index in [1.807, 2.05) is 36.5 Å². The summed E-state index contributed by atoms with van der Waals surface area (Å²) in [4.78, 5) is 11.7. The third-order valence-electron chi connectivity index (χ3n) is 4.85. The maximum atomic E-state index is 5.33. The van der Waals surface area contributed by atoms with E-state index in [1.165, 1.54) is 12.0 Å². The van der Waals surface area contributed by atoms with Gasteiger partial charge in [-0.3, -0.25) is 9.88 Å². The standard InChI is InChI=1S/C21H24N4O/c1-26-18-8-4-6-16(12-18)14-25-11-5-7-17(15-25)23-21-13-22-19-9-2-3-10-20(19)24-21/h2-4,6,8-10,12-13,17H,5,7,11,14-15H2,1H3,(H,23,24). The number of hydrogen-bond donors (Lipinski definition) is 1. The van der Waals surface area contributed by atoms with E-state index in [9.17, 15) is 0 Å². The number of para-hydroxylation sites is 2. The highest BCUT2D eigenvalue weighted by molar-refractivity contribution is 5.75. The molecule has 1 unspecified atom stereocenters. The number of rotatable bonds is 5. The van der Waals surface area contributed by atoms with Crippen LogP contribution in [0.4, 0.5) is 5.82 Å². The fraction of sp³-hybridized carbons (Fsp3) is 0.333. The molecule has 0 amide bonds. The van der Waals surface area contributed by atoms with Crippen molar-refractivity contribution < 1.29 is 4.74 Å². The van der Waals surface area contributed by atoms with Crippen molar-refractivity contribution in [1.82, 2.24) is 14.9 Å². The topological polar surface area (TPSA) is 50.3 Å². The number of anilines is 1. The lowest BCUT2D eigenvalue weighted by Gasteiger charge is -2.33. The van der Waals surface area contributed by atoms with Crippen LogP contribution in [0.2, 0.25) is 0 Å². The van der Waals surface area contributed by atoms with Crippen molar-refractivity contribution >= 4 is 16.9 Å². The fourth-order valence-corrected chi connectivity index (χ4v) is 3.58. The Morgan fingerprint density at radius 3 is 2.92 bits per heavy atom. The predicted molar refractivity (Wildman–Crippen MR) is 104 cm³/mol. The van der Waals surface area contributed by atoms with E-state index in [0.717, 1.165) is 48.7 Å². The summed E-state index contributed by atoms with van der Waals surface area (Å²) >= 11 is 0. The van der Waals surface area contributed by atoms with E-state index in [-0.39, 0.29) is 0 Å². The average molecular weight is 348 g/mol. The highest BCUT2D eigenvalue weighted by Crippen LogP contribution is 2.20. The van der Waals surface area contributed by atoms with Gasteiger partial charge in [-0.25, -0.2) is 4.98 Å². The summed E-state index contributed by atoms with van der Waals surface area (Å²) in [6.45, 7) is 3.07. The molecule has 1 aromatic heterocycles. The summed E-state index contributed by atoms with van der Waals surface area (Å²) in [6.07, 6.45) is 4.18. The van der Waals surface area contributed by atoms with Crippen LogP contribution in [0.5, 0.6) is 5.75 Å². The molecule has 0 aliphatic carbocycles. The maximum absolute atomic E-state index is 5.33. The number of nitrogens with one attached hydrogen (secondary N) is 1. The zero-order valence-electron chi connectivity index (χ0n) is 15.1. The van der Waals surface area contributed by atoms with Crippen LogP contribution in [0.3, 0.4) is 0 Å². The fourth-order valence-electron chi connectivity index (χ4n) is 3.58. The molecule has 1 aliphatic heterocycles. The monoisotopic (exact) mass is 348 g/mol. The van der Waals surface area contributed by atoms with Crippen LogP contribution in [0, 0.1) is 0 Å². The Morgan fingerprint density at radius 2 is 2.04 bits per heavy atom. The number of aromatic nitrogens is 2. The Labute approximate surface area is 154 Å². The van der Waals surface area contributed by atoms with Crippen molar-refractivity contribution in [3.05, 3.63) is 60.3 Å². The molecule has 1 saturated heterocycles. The summed E-state index contributed by atoms with van der Waals surface area (Å²) in [5.41, 5.74) is 3.15. The quantitative estimate of drug-likeness (QED) is 0.762. The van der Waals surface area contributed by atoms with Crippen molar-refractivity contribution in [2.45, 2.75) is 25.4 Å². The van der Waals surface area contributed by atoms with Gasteiger partial charge in [0.1, 0.15) is 11.6 Å². The smallest absolute Gasteiger partial charge is 0.145 e. The molecule has 2 aromatic carbocycles. The lowest BCUT2D eigenvalue weighted by molar-refractivity contribution is 0.208. The largest absolute Gasteiger partial charge is 0.497 e. The molecular weight excluding hydrogens is 324 g/mol. The number of methoxy groups -OCH3 is 1. The van der Waals surface area contributed by atoms with E-state index < -0.39 is 0 Å². The number of likely N-dealkylation sites (tertiary alicyclic amines) is 1. The van der Waals surface area contributed by atoms with E-state index in [0.29, 0.717) is 6.04 Å². The van der Waals surface area contributed by atoms with Crippen molar-refractivity contribution in [2.24, 2.45) is 0 Å². The molecule has 1 fully saturated rings. The van der Waals surface area contributed by atoms with Crippen molar-refractivity contribution in [1.29, 1.82) is 0 Å². The Balaban J connectivity index is 1.41. The third kappa shape index (κ3) is 3.94. The molecule has 0 radical (unpaired) electrons. The average Bonchev–Trinajstić information content (AvgIpc) is 2.68. The number of benzene rings is 2. The molecule has 5 heteroatoms. The van der Waals surface area contributed by atoms with Crippen LogP contribution < -0.4 is 10.1 Å². The van der Waals surface area contributed by atoms with Gasteiger partial charge in [0.2, 0.25) is 0 Å². The van der Waals surface area contributed by atoms with Gasteiger partial charge in [0.15, 0.2) is 0 Å². The van der Waals surface area contributed by atoms with Crippen LogP contribution in [-0.2, 0) is 6.54 Å². The van der Waals surface area contributed by atoms with Gasteiger partial charge < -0.3 is 10.1 Å². The highest BCUT2D eigenvalue weighted by atomic mass is 16.5. The Kier molecular flexibility index (Phi) is 4.97. The molecule has 1 N–H and O–H groups in total. The van der Waals surface area contributed by atoms with Gasteiger partial charge in [-0.1, -0.05) is 24.3 Å². The Hall–Kier alpha value is -2.66. The second-order valence-corrected chi connectivity index (χ2v) is 6.81. The van der Waals surface area contributed by atoms with Crippen molar-refractivity contribution in [3.63, 3.8) is 0 Å². The molecule has 2 heterocycles. The van der Waals surface area contributed by atoms with Crippen LogP contribution >= 0.6 is 0 Å². The Bertz CT molecular complexity index is 883. The molecule has 0 bridgehead atoms. The number of fused-ring (bicyclic) bond motifs is 1. The molecule has 5 nitrogen and oxygen atoms in total. The van der Waals surface area contributed by atoms with Gasteiger partial charge >= 0.3 is 0 Å². The summed E-state index contributed by atoms with van der Waals surface area (Å²) in [5, 5.41) is 3.57. The first-order valence-electron chi connectivity index (χ1n) is 9.14. The van der Waals surface area contributed by atoms with Crippen LogP contribution in [0.1, 0.15) is 18.4 Å². The number of hydrogen-bond acceptors (Lipinski definition) is 5. The van der Waals surface area contributed by atoms with Gasteiger partial charge in [0, 0.05) is 19.1 Å². The van der Waals surface area contributed by atoms with Gasteiger partial charge in [-0.15, -0.1) is 0 Å². The maximum Gasteiger partial charge on any atom is 0.145 e. The molecule has 3 aromatic rings. The van der Waals surface area contributed by atoms with Crippen molar-refractivity contribution in [2.75, 3.05) is 25.5 Å². The molecule has 0 saturated carbocycles. The summed E-state index contributed by atoms with van der Waals surface area (Å²) in [5.74, 6) is 1.78. The molecule has 134 valence electrons. The van der Waals surface area contributed by atoms with Crippen LogP contribution in [0.15, 0.2) is 54.7 Å². The lowest BCUT2D eigenvalue weighted by Crippen LogP contribution is -2.41. The first-order chi connectivity index (χ1) is 12.8. The Morgan fingerprint density at radius 1 is 1.15 bits per heavy atom. The predicted octanol–water partition coefficient (Wildman–Crippen LogP) is 3.71. The van der Waals surface area contributed by atoms with Crippen LogP contribution in [-0.4, -0.2) is 41.1 Å². The molecule has 26 heavy (non-hydrogen) atoms. The van der Waals surface area contributed by atoms with E-state index >= 15 is 0 Å². The molecule has 1 aliphatic rings. The van der Waals surface area contributed by atoms with E-state index in [4.69, 9.17) is 9.72 Å². The first kappa shape index (κ1) is 16.8. The van der Waals surface area contributed by atoms with E-state index in [2.05, 4.69) is 33.4 Å². The van der Waals surface area contributed by atoms with Gasteiger partial charge in [-0.2, -0.15) is 0 Å². The number of piperidine rings is 1. The zero-order chi connectivity index (χ0) is 17.8. The minimum Gasteiger partial charge on any atom is -0.497 e. The highest BCUT2D eigenvalue weighted by Gasteiger charge is 2.20. The molecule has 4 rings (SSSR count). The lowest BCUT2D eigenvalue weighted by atomic mass is 10.0. The first-order valence-corrected chi connectivity index (χ1v) is 9.14. The zero-order valence-corrected chi connectivity index (χ0v) is 15.1. The normalized spacial score (nSPS) is 18.0. The summed E-state index contributed by atoms with van der Waals surface area (Å²) in [7, 11) is 1.71. The minimum atomic E-state index is 0.393. The second-order valence-electron chi connectivity index (χ2n) is 6.81. The molecule has 1 atom stereocenters. The third-order valence-corrected chi connectivity index (χ3v) is 4.85. The van der Waals surface area contributed by atoms with Crippen LogP contribution in [0.25, 0.3) is 11.0 Å². The van der Waals surface area contributed by atoms with Gasteiger partial charge in [0.25, 0.3) is 0 Å². The van der Waals surface area contributed by atoms with Crippen molar-refractivity contribution in [3.8, 4) is 5.75 Å². The van der Waals surface area contributed by atoms with Gasteiger partial charge in [-0.05, 0) is 49.2 Å². The minimum absolute atomic E-state index is 0.393. The molecule has 0 spiro atoms.